The molecule has 1 saturated heterocycles. The fraction of sp³-hybridized carbons (Fsp3) is 0.105. The molecule has 3 rings (SSSR count). The van der Waals surface area contributed by atoms with Crippen LogP contribution in [0.1, 0.15) is 5.56 Å². The van der Waals surface area contributed by atoms with E-state index >= 15 is 0 Å². The molecule has 0 unspecified atom stereocenters. The summed E-state index contributed by atoms with van der Waals surface area (Å²) >= 11 is 1.23. The average Bonchev–Trinajstić information content (AvgIpc) is 3.00. The summed E-state index contributed by atoms with van der Waals surface area (Å²) in [6.45, 7) is -0.575. The highest BCUT2D eigenvalue weighted by Crippen LogP contribution is 2.32. The van der Waals surface area contributed by atoms with Crippen molar-refractivity contribution >= 4 is 40.6 Å². The maximum atomic E-state index is 12.2. The number of amidine groups is 1. The molecule has 1 N–H and O–H groups in total. The summed E-state index contributed by atoms with van der Waals surface area (Å²) in [5.41, 5.74) is 1.45. The number of aliphatic imine (C=N–C) groups is 1. The van der Waals surface area contributed by atoms with Gasteiger partial charge in [0.15, 0.2) is 16.7 Å². The quantitative estimate of drug-likeness (QED) is 0.763. The highest BCUT2D eigenvalue weighted by Gasteiger charge is 2.23. The van der Waals surface area contributed by atoms with Gasteiger partial charge in [0.05, 0.1) is 23.7 Å². The maximum Gasteiger partial charge on any atom is 0.264 e. The third-order valence-electron chi connectivity index (χ3n) is 3.47. The van der Waals surface area contributed by atoms with E-state index in [1.807, 2.05) is 30.3 Å². The van der Waals surface area contributed by atoms with Crippen LogP contribution in [0.25, 0.3) is 6.08 Å². The molecule has 27 heavy (non-hydrogen) atoms. The first-order valence-corrected chi connectivity index (χ1v) is 8.72. The topological polar surface area (TPSA) is 100 Å². The molecule has 0 saturated carbocycles. The molecule has 1 aliphatic heterocycles. The van der Waals surface area contributed by atoms with Gasteiger partial charge in [0.25, 0.3) is 5.91 Å². The first-order valence-electron chi connectivity index (χ1n) is 7.90. The standard InChI is InChI=1S/C19H16N2O5S/c1-25-15-9-12(7-8-14(15)26-11-17(22)23)10-16-18(24)21-19(27-16)20-13-5-3-2-4-6-13/h2-10H,11H2,1H3,(H,22,23)(H,20,21,24)/p-1/b16-10+. The molecule has 0 aliphatic carbocycles. The zero-order valence-electron chi connectivity index (χ0n) is 14.3. The van der Waals surface area contributed by atoms with Gasteiger partial charge in [-0.25, -0.2) is 4.99 Å². The number of carbonyl (C=O) groups excluding carboxylic acids is 2. The number of hydrogen-bond donors (Lipinski definition) is 1. The van der Waals surface area contributed by atoms with Gasteiger partial charge in [0.2, 0.25) is 0 Å². The van der Waals surface area contributed by atoms with Crippen LogP contribution in [-0.2, 0) is 9.59 Å². The molecule has 7 nitrogen and oxygen atoms in total. The predicted molar refractivity (Wildman–Crippen MR) is 101 cm³/mol. The molecule has 0 bridgehead atoms. The fourth-order valence-corrected chi connectivity index (χ4v) is 3.12. The summed E-state index contributed by atoms with van der Waals surface area (Å²) in [7, 11) is 1.44. The third kappa shape index (κ3) is 4.89. The van der Waals surface area contributed by atoms with Gasteiger partial charge in [-0.2, -0.15) is 0 Å². The number of nitrogens with one attached hydrogen (secondary N) is 1. The average molecular weight is 383 g/mol. The Labute approximate surface area is 159 Å². The minimum atomic E-state index is -1.33. The third-order valence-corrected chi connectivity index (χ3v) is 4.38. The van der Waals surface area contributed by atoms with Gasteiger partial charge in [-0.05, 0) is 47.7 Å². The zero-order valence-corrected chi connectivity index (χ0v) is 15.1. The molecule has 2 aromatic carbocycles. The SMILES string of the molecule is COc1cc(/C=C2/SC(=Nc3ccccc3)NC2=O)ccc1OCC(=O)[O-]. The van der Waals surface area contributed by atoms with Crippen LogP contribution < -0.4 is 19.9 Å². The second kappa shape index (κ2) is 8.41. The van der Waals surface area contributed by atoms with Gasteiger partial charge >= 0.3 is 0 Å². The molecular formula is C19H15N2O5S-. The van der Waals surface area contributed by atoms with E-state index in [1.165, 1.54) is 18.9 Å². The molecule has 1 amide bonds. The van der Waals surface area contributed by atoms with Crippen LogP contribution in [0.3, 0.4) is 0 Å². The number of hydrogen-bond acceptors (Lipinski definition) is 7. The Morgan fingerprint density at radius 1 is 1.22 bits per heavy atom. The number of para-hydroxylation sites is 1. The highest BCUT2D eigenvalue weighted by atomic mass is 32.2. The van der Waals surface area contributed by atoms with E-state index in [1.54, 1.807) is 24.3 Å². The van der Waals surface area contributed by atoms with Crippen LogP contribution in [0.2, 0.25) is 0 Å². The summed E-state index contributed by atoms with van der Waals surface area (Å²) in [6, 6.07) is 14.2. The summed E-state index contributed by atoms with van der Waals surface area (Å²) in [5, 5.41) is 13.7. The monoisotopic (exact) mass is 383 g/mol. The Bertz CT molecular complexity index is 925. The smallest absolute Gasteiger partial charge is 0.264 e. The number of carboxylic acids is 1. The van der Waals surface area contributed by atoms with E-state index in [0.717, 1.165) is 5.69 Å². The number of amides is 1. The Morgan fingerprint density at radius 3 is 2.70 bits per heavy atom. The number of methoxy groups -OCH3 is 1. The normalized spacial score (nSPS) is 16.4. The van der Waals surface area contributed by atoms with Crippen molar-refractivity contribution in [2.45, 2.75) is 0 Å². The molecule has 0 atom stereocenters. The van der Waals surface area contributed by atoms with E-state index in [-0.39, 0.29) is 11.7 Å². The lowest BCUT2D eigenvalue weighted by atomic mass is 10.2. The minimum Gasteiger partial charge on any atom is -0.546 e. The molecular weight excluding hydrogens is 368 g/mol. The zero-order chi connectivity index (χ0) is 19.2. The molecule has 1 heterocycles. The van der Waals surface area contributed by atoms with E-state index in [2.05, 4.69) is 10.3 Å². The molecule has 2 aromatic rings. The number of carbonyl (C=O) groups is 2. The van der Waals surface area contributed by atoms with E-state index < -0.39 is 12.6 Å². The van der Waals surface area contributed by atoms with Crippen LogP contribution in [-0.4, -0.2) is 30.8 Å². The van der Waals surface area contributed by atoms with Crippen LogP contribution in [0.4, 0.5) is 5.69 Å². The van der Waals surface area contributed by atoms with Gasteiger partial charge in [0, 0.05) is 0 Å². The Balaban J connectivity index is 1.79. The summed E-state index contributed by atoms with van der Waals surface area (Å²) in [5.74, 6) is -0.940. The Hall–Kier alpha value is -3.26. The lowest BCUT2D eigenvalue weighted by Gasteiger charge is -2.11. The van der Waals surface area contributed by atoms with Crippen LogP contribution in [0.5, 0.6) is 11.5 Å². The largest absolute Gasteiger partial charge is 0.546 e. The summed E-state index contributed by atoms with van der Waals surface area (Å²) < 4.78 is 10.3. The maximum absolute atomic E-state index is 12.2. The Kier molecular flexibility index (Phi) is 5.77. The van der Waals surface area contributed by atoms with E-state index in [0.29, 0.717) is 21.4 Å². The number of thioether (sulfide) groups is 1. The number of rotatable bonds is 6. The molecule has 0 radical (unpaired) electrons. The van der Waals surface area contributed by atoms with Crippen molar-refractivity contribution in [3.63, 3.8) is 0 Å². The van der Waals surface area contributed by atoms with Crippen molar-refractivity contribution in [1.29, 1.82) is 0 Å². The van der Waals surface area contributed by atoms with Gasteiger partial charge in [0.1, 0.15) is 6.61 Å². The van der Waals surface area contributed by atoms with Crippen LogP contribution in [0, 0.1) is 0 Å². The molecule has 0 spiro atoms. The van der Waals surface area contributed by atoms with Crippen molar-refractivity contribution in [1.82, 2.24) is 5.32 Å². The van der Waals surface area contributed by atoms with E-state index in [9.17, 15) is 14.7 Å². The first-order chi connectivity index (χ1) is 13.0. The van der Waals surface area contributed by atoms with Gasteiger partial charge < -0.3 is 24.7 Å². The lowest BCUT2D eigenvalue weighted by molar-refractivity contribution is -0.307. The second-order valence-electron chi connectivity index (χ2n) is 5.39. The predicted octanol–water partition coefficient (Wildman–Crippen LogP) is 1.72. The van der Waals surface area contributed by atoms with E-state index in [4.69, 9.17) is 9.47 Å². The van der Waals surface area contributed by atoms with Crippen LogP contribution >= 0.6 is 11.8 Å². The van der Waals surface area contributed by atoms with Crippen molar-refractivity contribution in [3.8, 4) is 11.5 Å². The second-order valence-corrected chi connectivity index (χ2v) is 6.42. The number of carboxylic acid groups (broad SMARTS) is 1. The van der Waals surface area contributed by atoms with Crippen molar-refractivity contribution < 1.29 is 24.2 Å². The fourth-order valence-electron chi connectivity index (χ4n) is 2.28. The van der Waals surface area contributed by atoms with Crippen molar-refractivity contribution in [2.75, 3.05) is 13.7 Å². The minimum absolute atomic E-state index is 0.245. The summed E-state index contributed by atoms with van der Waals surface area (Å²) in [4.78, 5) is 27.6. The summed E-state index contributed by atoms with van der Waals surface area (Å²) in [6.07, 6.45) is 1.69. The molecule has 138 valence electrons. The van der Waals surface area contributed by atoms with Crippen LogP contribution in [0.15, 0.2) is 58.4 Å². The number of aliphatic carboxylic acids is 1. The van der Waals surface area contributed by atoms with Gasteiger partial charge in [-0.1, -0.05) is 24.3 Å². The lowest BCUT2D eigenvalue weighted by Crippen LogP contribution is -2.29. The number of benzene rings is 2. The molecule has 1 fully saturated rings. The first kappa shape index (κ1) is 18.5. The van der Waals surface area contributed by atoms with Crippen molar-refractivity contribution in [3.05, 3.63) is 59.0 Å². The Morgan fingerprint density at radius 2 is 2.00 bits per heavy atom. The highest BCUT2D eigenvalue weighted by molar-refractivity contribution is 8.18. The van der Waals surface area contributed by atoms with Gasteiger partial charge in [-0.15, -0.1) is 0 Å². The molecule has 1 aliphatic rings. The molecule has 0 aromatic heterocycles. The number of ether oxygens (including phenoxy) is 2. The van der Waals surface area contributed by atoms with Crippen molar-refractivity contribution in [2.24, 2.45) is 4.99 Å². The van der Waals surface area contributed by atoms with Gasteiger partial charge in [-0.3, -0.25) is 4.79 Å². The number of nitrogens with zero attached hydrogens (tertiary/aromatic N) is 1. The molecule has 8 heteroatoms.